The molecule has 2 aromatic rings. The molecular weight excluding hydrogens is 454 g/mol. The summed E-state index contributed by atoms with van der Waals surface area (Å²) < 4.78 is 29.0. The van der Waals surface area contributed by atoms with E-state index in [0.29, 0.717) is 57.8 Å². The first kappa shape index (κ1) is 25.7. The molecule has 1 aliphatic heterocycles. The predicted molar refractivity (Wildman–Crippen MR) is 132 cm³/mol. The van der Waals surface area contributed by atoms with E-state index in [1.165, 1.54) is 12.3 Å². The van der Waals surface area contributed by atoms with Gasteiger partial charge in [0.2, 0.25) is 11.8 Å². The van der Waals surface area contributed by atoms with Crippen LogP contribution in [-0.2, 0) is 19.4 Å². The summed E-state index contributed by atoms with van der Waals surface area (Å²) in [5.41, 5.74) is 0.791. The SMILES string of the molecule is CN(CCCOc1cccc(S(C)(=O)=O)c1)CC(=O)N1CCC(C(=O)Nc2ccccc2)CC1. The number of nitrogens with zero attached hydrogens (tertiary/aromatic N) is 2. The lowest BCUT2D eigenvalue weighted by molar-refractivity contribution is -0.135. The van der Waals surface area contributed by atoms with Crippen molar-refractivity contribution >= 4 is 27.3 Å². The van der Waals surface area contributed by atoms with Gasteiger partial charge in [0.1, 0.15) is 5.75 Å². The normalized spacial score (nSPS) is 14.7. The minimum Gasteiger partial charge on any atom is -0.494 e. The van der Waals surface area contributed by atoms with Gasteiger partial charge in [-0.3, -0.25) is 14.5 Å². The van der Waals surface area contributed by atoms with Gasteiger partial charge in [-0.15, -0.1) is 0 Å². The highest BCUT2D eigenvalue weighted by molar-refractivity contribution is 7.90. The molecule has 0 saturated carbocycles. The summed E-state index contributed by atoms with van der Waals surface area (Å²) in [7, 11) is -1.38. The van der Waals surface area contributed by atoms with Crippen molar-refractivity contribution in [2.75, 3.05) is 51.4 Å². The Morgan fingerprint density at radius 1 is 1.09 bits per heavy atom. The molecule has 184 valence electrons. The molecule has 1 heterocycles. The first-order chi connectivity index (χ1) is 16.2. The first-order valence-corrected chi connectivity index (χ1v) is 13.4. The summed E-state index contributed by atoms with van der Waals surface area (Å²) >= 11 is 0. The third kappa shape index (κ3) is 7.85. The molecule has 0 unspecified atom stereocenters. The number of likely N-dealkylation sites (N-methyl/N-ethyl adjacent to an activating group) is 1. The van der Waals surface area contributed by atoms with Gasteiger partial charge in [0.25, 0.3) is 0 Å². The van der Waals surface area contributed by atoms with Crippen LogP contribution >= 0.6 is 0 Å². The Kier molecular flexibility index (Phi) is 9.06. The van der Waals surface area contributed by atoms with Crippen molar-refractivity contribution in [3.8, 4) is 5.75 Å². The summed E-state index contributed by atoms with van der Waals surface area (Å²) in [5, 5.41) is 2.95. The number of likely N-dealkylation sites (tertiary alicyclic amines) is 1. The van der Waals surface area contributed by atoms with Crippen molar-refractivity contribution < 1.29 is 22.7 Å². The molecule has 0 radical (unpaired) electrons. The van der Waals surface area contributed by atoms with E-state index in [-0.39, 0.29) is 22.6 Å². The summed E-state index contributed by atoms with van der Waals surface area (Å²) in [6.45, 7) is 2.57. The van der Waals surface area contributed by atoms with Crippen LogP contribution in [0.5, 0.6) is 5.75 Å². The molecular formula is C25H33N3O5S. The van der Waals surface area contributed by atoms with Crippen LogP contribution < -0.4 is 10.1 Å². The van der Waals surface area contributed by atoms with E-state index in [1.807, 2.05) is 47.2 Å². The monoisotopic (exact) mass is 487 g/mol. The predicted octanol–water partition coefficient (Wildman–Crippen LogP) is 2.67. The molecule has 1 N–H and O–H groups in total. The van der Waals surface area contributed by atoms with Gasteiger partial charge in [-0.05, 0) is 56.6 Å². The second kappa shape index (κ2) is 12.0. The number of ether oxygens (including phenoxy) is 1. The molecule has 1 aliphatic rings. The summed E-state index contributed by atoms with van der Waals surface area (Å²) in [4.78, 5) is 29.1. The van der Waals surface area contributed by atoms with Gasteiger partial charge < -0.3 is 15.0 Å². The van der Waals surface area contributed by atoms with E-state index in [2.05, 4.69) is 5.32 Å². The number of nitrogens with one attached hydrogen (secondary N) is 1. The van der Waals surface area contributed by atoms with Gasteiger partial charge >= 0.3 is 0 Å². The second-order valence-corrected chi connectivity index (χ2v) is 10.7. The number of hydrogen-bond donors (Lipinski definition) is 1. The van der Waals surface area contributed by atoms with Crippen molar-refractivity contribution in [2.45, 2.75) is 24.2 Å². The highest BCUT2D eigenvalue weighted by Gasteiger charge is 2.27. The molecule has 1 saturated heterocycles. The van der Waals surface area contributed by atoms with Gasteiger partial charge in [-0.25, -0.2) is 8.42 Å². The smallest absolute Gasteiger partial charge is 0.236 e. The van der Waals surface area contributed by atoms with Crippen LogP contribution in [-0.4, -0.2) is 76.1 Å². The summed E-state index contributed by atoms with van der Waals surface area (Å²) in [6.07, 6.45) is 3.19. The zero-order valence-corrected chi connectivity index (χ0v) is 20.6. The zero-order chi connectivity index (χ0) is 24.6. The average Bonchev–Trinajstić information content (AvgIpc) is 2.82. The molecule has 8 nitrogen and oxygen atoms in total. The fourth-order valence-electron chi connectivity index (χ4n) is 3.89. The standard InChI is InChI=1S/C25H33N3O5S/c1-27(14-7-17-33-22-10-6-11-23(18-22)34(2,31)32)19-24(29)28-15-12-20(13-16-28)25(30)26-21-8-4-3-5-9-21/h3-6,8-11,18,20H,7,12-17,19H2,1-2H3,(H,26,30). The van der Waals surface area contributed by atoms with E-state index < -0.39 is 9.84 Å². The third-order valence-electron chi connectivity index (χ3n) is 5.85. The number of amides is 2. The van der Waals surface area contributed by atoms with Gasteiger partial charge in [0.15, 0.2) is 9.84 Å². The highest BCUT2D eigenvalue weighted by Crippen LogP contribution is 2.20. The number of sulfone groups is 1. The second-order valence-electron chi connectivity index (χ2n) is 8.70. The maximum absolute atomic E-state index is 12.7. The Bertz CT molecular complexity index is 1070. The number of carbonyl (C=O) groups excluding carboxylic acids is 2. The number of para-hydroxylation sites is 1. The van der Waals surface area contributed by atoms with Crippen molar-refractivity contribution in [1.29, 1.82) is 0 Å². The number of benzene rings is 2. The fraction of sp³-hybridized carbons (Fsp3) is 0.440. The van der Waals surface area contributed by atoms with E-state index in [0.717, 1.165) is 5.69 Å². The Morgan fingerprint density at radius 2 is 1.79 bits per heavy atom. The maximum Gasteiger partial charge on any atom is 0.236 e. The molecule has 3 rings (SSSR count). The fourth-order valence-corrected chi connectivity index (χ4v) is 4.54. The quantitative estimate of drug-likeness (QED) is 0.518. The molecule has 0 atom stereocenters. The molecule has 0 aliphatic carbocycles. The van der Waals surface area contributed by atoms with Gasteiger partial charge in [-0.1, -0.05) is 24.3 Å². The molecule has 34 heavy (non-hydrogen) atoms. The lowest BCUT2D eigenvalue weighted by Gasteiger charge is -2.32. The molecule has 2 amide bonds. The van der Waals surface area contributed by atoms with Gasteiger partial charge in [-0.2, -0.15) is 0 Å². The zero-order valence-electron chi connectivity index (χ0n) is 19.8. The highest BCUT2D eigenvalue weighted by atomic mass is 32.2. The third-order valence-corrected chi connectivity index (χ3v) is 6.96. The topological polar surface area (TPSA) is 96.0 Å². The largest absolute Gasteiger partial charge is 0.494 e. The van der Waals surface area contributed by atoms with E-state index in [9.17, 15) is 18.0 Å². The maximum atomic E-state index is 12.7. The summed E-state index contributed by atoms with van der Waals surface area (Å²) in [6, 6.07) is 15.9. The Balaban J connectivity index is 1.34. The van der Waals surface area contributed by atoms with Crippen molar-refractivity contribution in [3.05, 3.63) is 54.6 Å². The van der Waals surface area contributed by atoms with Crippen LogP contribution in [0.3, 0.4) is 0 Å². The number of piperidine rings is 1. The number of hydrogen-bond acceptors (Lipinski definition) is 6. The lowest BCUT2D eigenvalue weighted by Crippen LogP contribution is -2.45. The number of rotatable bonds is 10. The minimum absolute atomic E-state index is 0.0116. The minimum atomic E-state index is -3.27. The van der Waals surface area contributed by atoms with Crippen LogP contribution in [0.1, 0.15) is 19.3 Å². The lowest BCUT2D eigenvalue weighted by atomic mass is 9.95. The molecule has 1 fully saturated rings. The van der Waals surface area contributed by atoms with Crippen molar-refractivity contribution in [2.24, 2.45) is 5.92 Å². The van der Waals surface area contributed by atoms with Crippen molar-refractivity contribution in [3.63, 3.8) is 0 Å². The van der Waals surface area contributed by atoms with Gasteiger partial charge in [0.05, 0.1) is 18.0 Å². The molecule has 9 heteroatoms. The Hall–Kier alpha value is -2.91. The summed E-state index contributed by atoms with van der Waals surface area (Å²) in [5.74, 6) is 0.504. The Morgan fingerprint density at radius 3 is 2.47 bits per heavy atom. The van der Waals surface area contributed by atoms with E-state index in [4.69, 9.17) is 4.74 Å². The first-order valence-electron chi connectivity index (χ1n) is 11.5. The van der Waals surface area contributed by atoms with Crippen LogP contribution in [0.15, 0.2) is 59.5 Å². The van der Waals surface area contributed by atoms with Crippen LogP contribution in [0.4, 0.5) is 5.69 Å². The van der Waals surface area contributed by atoms with E-state index in [1.54, 1.807) is 18.2 Å². The van der Waals surface area contributed by atoms with Gasteiger partial charge in [0, 0.05) is 37.5 Å². The molecule has 0 bridgehead atoms. The van der Waals surface area contributed by atoms with Crippen LogP contribution in [0.25, 0.3) is 0 Å². The van der Waals surface area contributed by atoms with Crippen LogP contribution in [0.2, 0.25) is 0 Å². The molecule has 0 spiro atoms. The van der Waals surface area contributed by atoms with Crippen LogP contribution in [0, 0.1) is 5.92 Å². The molecule has 0 aromatic heterocycles. The Labute approximate surface area is 201 Å². The average molecular weight is 488 g/mol. The number of anilines is 1. The number of carbonyl (C=O) groups is 2. The van der Waals surface area contributed by atoms with E-state index >= 15 is 0 Å². The molecule has 2 aromatic carbocycles. The van der Waals surface area contributed by atoms with Crippen molar-refractivity contribution in [1.82, 2.24) is 9.80 Å².